The Balaban J connectivity index is 1.72. The molecule has 2 aromatic carbocycles. The Morgan fingerprint density at radius 3 is 2.74 bits per heavy atom. The van der Waals surface area contributed by atoms with Crippen molar-refractivity contribution in [1.82, 2.24) is 0 Å². The second kappa shape index (κ2) is 7.93. The first kappa shape index (κ1) is 19.1. The highest BCUT2D eigenvalue weighted by Crippen LogP contribution is 2.27. The van der Waals surface area contributed by atoms with Crippen LogP contribution in [0.4, 0.5) is 10.1 Å². The van der Waals surface area contributed by atoms with Gasteiger partial charge >= 0.3 is 5.97 Å². The number of anilines is 1. The summed E-state index contributed by atoms with van der Waals surface area (Å²) in [4.78, 5) is 10.2. The van der Waals surface area contributed by atoms with Crippen molar-refractivity contribution in [2.45, 2.75) is 17.7 Å². The van der Waals surface area contributed by atoms with Crippen LogP contribution in [0.1, 0.15) is 12.8 Å². The molecule has 0 aliphatic carbocycles. The van der Waals surface area contributed by atoms with E-state index >= 15 is 0 Å². The lowest BCUT2D eigenvalue weighted by Gasteiger charge is -2.11. The Kier molecular flexibility index (Phi) is 5.62. The second-order valence-corrected chi connectivity index (χ2v) is 8.35. The minimum Gasteiger partial charge on any atom is -0.491 e. The van der Waals surface area contributed by atoms with Gasteiger partial charge in [0.05, 0.1) is 11.5 Å². The van der Waals surface area contributed by atoms with Crippen molar-refractivity contribution in [3.05, 3.63) is 53.7 Å². The van der Waals surface area contributed by atoms with Crippen LogP contribution in [0.2, 0.25) is 0 Å². The highest BCUT2D eigenvalue weighted by atomic mass is 32.2. The number of hydrogen-bond donors (Lipinski definition) is 2. The lowest BCUT2D eigenvalue weighted by molar-refractivity contribution is -0.137. The van der Waals surface area contributed by atoms with E-state index in [1.807, 2.05) is 17.5 Å². The van der Waals surface area contributed by atoms with Gasteiger partial charge in [0.1, 0.15) is 0 Å². The molecule has 9 heteroatoms. The van der Waals surface area contributed by atoms with Gasteiger partial charge in [-0.15, -0.1) is 11.3 Å². The number of nitrogens with one attached hydrogen (secondary N) is 1. The van der Waals surface area contributed by atoms with Crippen LogP contribution in [0.15, 0.2) is 52.7 Å². The molecule has 0 amide bonds. The van der Waals surface area contributed by atoms with Crippen LogP contribution in [0, 0.1) is 5.82 Å². The molecule has 0 radical (unpaired) electrons. The van der Waals surface area contributed by atoms with Crippen molar-refractivity contribution < 1.29 is 27.4 Å². The molecule has 0 atom stereocenters. The first-order valence-electron chi connectivity index (χ1n) is 7.99. The molecule has 6 nitrogen and oxygen atoms in total. The molecular weight excluding hydrogens is 393 g/mol. The van der Waals surface area contributed by atoms with E-state index in [1.165, 1.54) is 12.1 Å². The predicted molar refractivity (Wildman–Crippen MR) is 101 cm³/mol. The average molecular weight is 409 g/mol. The molecule has 142 valence electrons. The van der Waals surface area contributed by atoms with Crippen LogP contribution in [0.3, 0.4) is 0 Å². The number of carboxylic acid groups (broad SMARTS) is 1. The summed E-state index contributed by atoms with van der Waals surface area (Å²) in [5.41, 5.74) is 0.385. The lowest BCUT2D eigenvalue weighted by atomic mass is 10.2. The number of aliphatic carboxylic acids is 1. The van der Waals surface area contributed by atoms with Crippen LogP contribution < -0.4 is 9.46 Å². The molecule has 1 aromatic heterocycles. The largest absolute Gasteiger partial charge is 0.491 e. The third-order valence-electron chi connectivity index (χ3n) is 3.71. The number of carbonyl (C=O) groups is 1. The number of sulfonamides is 1. The molecule has 2 N–H and O–H groups in total. The number of hydrogen-bond acceptors (Lipinski definition) is 5. The van der Waals surface area contributed by atoms with Gasteiger partial charge in [-0.2, -0.15) is 0 Å². The van der Waals surface area contributed by atoms with Gasteiger partial charge in [-0.05, 0) is 59.7 Å². The Labute approximate surface area is 159 Å². The van der Waals surface area contributed by atoms with Gasteiger partial charge < -0.3 is 9.84 Å². The van der Waals surface area contributed by atoms with Gasteiger partial charge in [0.2, 0.25) is 0 Å². The summed E-state index contributed by atoms with van der Waals surface area (Å²) in [6.07, 6.45) is 0.133. The lowest BCUT2D eigenvalue weighted by Crippen LogP contribution is -2.13. The molecule has 3 rings (SSSR count). The SMILES string of the molecule is O=C(O)CCCOc1ccc(S(=O)(=O)Nc2ccc3sccc3c2)cc1F. The minimum atomic E-state index is -3.96. The number of thiophene rings is 1. The zero-order chi connectivity index (χ0) is 19.4. The van der Waals surface area contributed by atoms with Crippen molar-refractivity contribution in [2.75, 3.05) is 11.3 Å². The van der Waals surface area contributed by atoms with Crippen molar-refractivity contribution in [2.24, 2.45) is 0 Å². The first-order valence-corrected chi connectivity index (χ1v) is 10.4. The maximum atomic E-state index is 14.1. The maximum absolute atomic E-state index is 14.1. The zero-order valence-corrected chi connectivity index (χ0v) is 15.6. The second-order valence-electron chi connectivity index (χ2n) is 5.72. The van der Waals surface area contributed by atoms with Gasteiger partial charge in [0.25, 0.3) is 10.0 Å². The smallest absolute Gasteiger partial charge is 0.303 e. The Morgan fingerprint density at radius 1 is 1.19 bits per heavy atom. The van der Waals surface area contributed by atoms with Crippen LogP contribution in [0.5, 0.6) is 5.75 Å². The summed E-state index contributed by atoms with van der Waals surface area (Å²) in [5.74, 6) is -1.92. The van der Waals surface area contributed by atoms with Gasteiger partial charge in [-0.1, -0.05) is 0 Å². The zero-order valence-electron chi connectivity index (χ0n) is 14.0. The van der Waals surface area contributed by atoms with E-state index in [1.54, 1.807) is 23.5 Å². The summed E-state index contributed by atoms with van der Waals surface area (Å²) in [5, 5.41) is 11.4. The van der Waals surface area contributed by atoms with Crippen LogP contribution >= 0.6 is 11.3 Å². The van der Waals surface area contributed by atoms with Crippen LogP contribution in [-0.4, -0.2) is 26.1 Å². The Hall–Kier alpha value is -2.65. The average Bonchev–Trinajstić information content (AvgIpc) is 3.07. The van der Waals surface area contributed by atoms with Crippen LogP contribution in [0.25, 0.3) is 10.1 Å². The molecule has 1 heterocycles. The van der Waals surface area contributed by atoms with Crippen molar-refractivity contribution in [1.29, 1.82) is 0 Å². The standard InChI is InChI=1S/C18H16FNO5S2/c19-15-11-14(4-5-16(15)25-8-1-2-18(21)22)27(23,24)20-13-3-6-17-12(10-13)7-9-26-17/h3-7,9-11,20H,1-2,8H2,(H,21,22). The molecule has 0 saturated carbocycles. The van der Waals surface area contributed by atoms with Crippen LogP contribution in [-0.2, 0) is 14.8 Å². The number of ether oxygens (including phenoxy) is 1. The number of rotatable bonds is 8. The number of fused-ring (bicyclic) bond motifs is 1. The Bertz CT molecular complexity index is 1080. The van der Waals surface area contributed by atoms with E-state index < -0.39 is 21.8 Å². The molecule has 0 unspecified atom stereocenters. The van der Waals surface area contributed by atoms with E-state index in [4.69, 9.17) is 9.84 Å². The molecule has 3 aromatic rings. The molecule has 0 aliphatic rings. The normalized spacial score (nSPS) is 11.4. The van der Waals surface area contributed by atoms with E-state index in [9.17, 15) is 17.6 Å². The Morgan fingerprint density at radius 2 is 2.00 bits per heavy atom. The molecule has 0 bridgehead atoms. The molecule has 0 fully saturated rings. The summed E-state index contributed by atoms with van der Waals surface area (Å²) >= 11 is 1.55. The van der Waals surface area contributed by atoms with E-state index in [0.29, 0.717) is 5.69 Å². The minimum absolute atomic E-state index is 0.0220. The summed E-state index contributed by atoms with van der Waals surface area (Å²) in [6, 6.07) is 10.4. The fraction of sp³-hybridized carbons (Fsp3) is 0.167. The number of carboxylic acids is 1. The number of halogens is 1. The van der Waals surface area contributed by atoms with E-state index in [0.717, 1.165) is 16.2 Å². The number of benzene rings is 2. The molecule has 27 heavy (non-hydrogen) atoms. The molecule has 0 aliphatic heterocycles. The predicted octanol–water partition coefficient (Wildman–Crippen LogP) is 4.08. The third kappa shape index (κ3) is 4.75. The van der Waals surface area contributed by atoms with Gasteiger partial charge in [-0.3, -0.25) is 9.52 Å². The highest BCUT2D eigenvalue weighted by molar-refractivity contribution is 7.92. The molecular formula is C18H16FNO5S2. The van der Waals surface area contributed by atoms with Gasteiger partial charge in [0, 0.05) is 16.8 Å². The summed E-state index contributed by atoms with van der Waals surface area (Å²) in [7, 11) is -3.96. The quantitative estimate of drug-likeness (QED) is 0.547. The highest BCUT2D eigenvalue weighted by Gasteiger charge is 2.17. The monoisotopic (exact) mass is 409 g/mol. The first-order chi connectivity index (χ1) is 12.8. The fourth-order valence-corrected chi connectivity index (χ4v) is 4.25. The summed E-state index contributed by atoms with van der Waals surface area (Å²) in [6.45, 7) is 0.0220. The van der Waals surface area contributed by atoms with E-state index in [2.05, 4.69) is 4.72 Å². The molecule has 0 spiro atoms. The van der Waals surface area contributed by atoms with Crippen molar-refractivity contribution in [3.63, 3.8) is 0 Å². The summed E-state index contributed by atoms with van der Waals surface area (Å²) < 4.78 is 47.8. The maximum Gasteiger partial charge on any atom is 0.303 e. The fourth-order valence-electron chi connectivity index (χ4n) is 2.42. The van der Waals surface area contributed by atoms with Crippen molar-refractivity contribution in [3.8, 4) is 5.75 Å². The van der Waals surface area contributed by atoms with Gasteiger partial charge in [-0.25, -0.2) is 12.8 Å². The molecule has 0 saturated heterocycles. The van der Waals surface area contributed by atoms with Crippen molar-refractivity contribution >= 4 is 43.1 Å². The van der Waals surface area contributed by atoms with Gasteiger partial charge in [0.15, 0.2) is 11.6 Å². The van der Waals surface area contributed by atoms with E-state index in [-0.39, 0.29) is 30.1 Å². The third-order valence-corrected chi connectivity index (χ3v) is 5.99. The topological polar surface area (TPSA) is 92.7 Å².